The van der Waals surface area contributed by atoms with Gasteiger partial charge in [-0.1, -0.05) is 0 Å². The van der Waals surface area contributed by atoms with Crippen LogP contribution < -0.4 is 4.90 Å². The normalized spacial score (nSPS) is 10.5. The van der Waals surface area contributed by atoms with E-state index in [4.69, 9.17) is 4.42 Å². The van der Waals surface area contributed by atoms with Crippen molar-refractivity contribution in [2.75, 3.05) is 11.9 Å². The lowest BCUT2D eigenvalue weighted by Gasteiger charge is -2.15. The number of nitrogens with zero attached hydrogens (tertiary/aromatic N) is 2. The standard InChI is InChI=1S/C12H13BrN2O/c1-8-6-11(14-7-10(8)13)15(3)12-5-4-9(2)16-12/h4-7H,1-3H3. The summed E-state index contributed by atoms with van der Waals surface area (Å²) >= 11 is 3.43. The van der Waals surface area contributed by atoms with Crippen LogP contribution in [-0.4, -0.2) is 12.0 Å². The maximum atomic E-state index is 5.54. The summed E-state index contributed by atoms with van der Waals surface area (Å²) in [6.45, 7) is 3.97. The molecule has 0 bridgehead atoms. The maximum absolute atomic E-state index is 5.54. The van der Waals surface area contributed by atoms with Gasteiger partial charge in [0.25, 0.3) is 0 Å². The van der Waals surface area contributed by atoms with Crippen molar-refractivity contribution >= 4 is 27.6 Å². The van der Waals surface area contributed by atoms with Crippen LogP contribution in [0, 0.1) is 13.8 Å². The summed E-state index contributed by atoms with van der Waals surface area (Å²) < 4.78 is 6.56. The monoisotopic (exact) mass is 280 g/mol. The summed E-state index contributed by atoms with van der Waals surface area (Å²) in [6.07, 6.45) is 1.80. The zero-order valence-corrected chi connectivity index (χ0v) is 11.1. The molecule has 0 amide bonds. The van der Waals surface area contributed by atoms with Crippen LogP contribution in [0.1, 0.15) is 11.3 Å². The number of anilines is 2. The minimum atomic E-state index is 0.798. The predicted octanol–water partition coefficient (Wildman–Crippen LogP) is 3.82. The van der Waals surface area contributed by atoms with Gasteiger partial charge in [-0.25, -0.2) is 4.98 Å². The van der Waals surface area contributed by atoms with E-state index < -0.39 is 0 Å². The van der Waals surface area contributed by atoms with Crippen molar-refractivity contribution in [2.45, 2.75) is 13.8 Å². The quantitative estimate of drug-likeness (QED) is 0.838. The van der Waals surface area contributed by atoms with Gasteiger partial charge in [0.05, 0.1) is 0 Å². The number of rotatable bonds is 2. The topological polar surface area (TPSA) is 29.3 Å². The first-order valence-corrected chi connectivity index (χ1v) is 5.79. The Labute approximate surface area is 103 Å². The Morgan fingerprint density at radius 1 is 1.31 bits per heavy atom. The van der Waals surface area contributed by atoms with E-state index in [1.165, 1.54) is 0 Å². The number of hydrogen-bond donors (Lipinski definition) is 0. The summed E-state index contributed by atoms with van der Waals surface area (Å²) in [7, 11) is 1.94. The largest absolute Gasteiger partial charge is 0.445 e. The van der Waals surface area contributed by atoms with E-state index in [1.54, 1.807) is 6.20 Å². The fourth-order valence-corrected chi connectivity index (χ4v) is 1.64. The van der Waals surface area contributed by atoms with Gasteiger partial charge in [-0.15, -0.1) is 0 Å². The zero-order valence-electron chi connectivity index (χ0n) is 9.49. The van der Waals surface area contributed by atoms with Crippen LogP contribution in [0.5, 0.6) is 0 Å². The smallest absolute Gasteiger partial charge is 0.200 e. The third-order valence-corrected chi connectivity index (χ3v) is 3.26. The first-order chi connectivity index (χ1) is 7.58. The third kappa shape index (κ3) is 2.11. The van der Waals surface area contributed by atoms with Gasteiger partial charge in [0.1, 0.15) is 11.6 Å². The molecule has 0 aliphatic heterocycles. The van der Waals surface area contributed by atoms with Gasteiger partial charge in [-0.2, -0.15) is 0 Å². The molecule has 0 aromatic carbocycles. The van der Waals surface area contributed by atoms with Crippen molar-refractivity contribution in [1.29, 1.82) is 0 Å². The second-order valence-corrected chi connectivity index (χ2v) is 4.59. The fraction of sp³-hybridized carbons (Fsp3) is 0.250. The minimum Gasteiger partial charge on any atom is -0.445 e. The summed E-state index contributed by atoms with van der Waals surface area (Å²) in [5.74, 6) is 2.57. The Morgan fingerprint density at radius 2 is 2.06 bits per heavy atom. The molecule has 0 saturated carbocycles. The molecule has 2 aromatic rings. The van der Waals surface area contributed by atoms with Gasteiger partial charge < -0.3 is 4.42 Å². The number of furan rings is 1. The molecular weight excluding hydrogens is 268 g/mol. The molecule has 0 spiro atoms. The number of hydrogen-bond acceptors (Lipinski definition) is 3. The van der Waals surface area contributed by atoms with E-state index in [2.05, 4.69) is 20.9 Å². The van der Waals surface area contributed by atoms with Gasteiger partial charge in [-0.05, 0) is 47.5 Å². The second-order valence-electron chi connectivity index (χ2n) is 3.73. The highest BCUT2D eigenvalue weighted by atomic mass is 79.9. The van der Waals surface area contributed by atoms with Gasteiger partial charge in [0.2, 0.25) is 5.88 Å². The van der Waals surface area contributed by atoms with Crippen molar-refractivity contribution in [1.82, 2.24) is 4.98 Å². The molecule has 2 aromatic heterocycles. The summed E-state index contributed by atoms with van der Waals surface area (Å²) in [5, 5.41) is 0. The van der Waals surface area contributed by atoms with Crippen molar-refractivity contribution < 1.29 is 4.42 Å². The first-order valence-electron chi connectivity index (χ1n) is 5.00. The lowest BCUT2D eigenvalue weighted by Crippen LogP contribution is -2.10. The van der Waals surface area contributed by atoms with Gasteiger partial charge in [0.15, 0.2) is 0 Å². The van der Waals surface area contributed by atoms with Crippen molar-refractivity contribution in [2.24, 2.45) is 0 Å². The van der Waals surface area contributed by atoms with Crippen LogP contribution in [-0.2, 0) is 0 Å². The summed E-state index contributed by atoms with van der Waals surface area (Å²) in [5.41, 5.74) is 1.15. The van der Waals surface area contributed by atoms with E-state index in [9.17, 15) is 0 Å². The van der Waals surface area contributed by atoms with E-state index >= 15 is 0 Å². The molecule has 0 radical (unpaired) electrons. The van der Waals surface area contributed by atoms with Gasteiger partial charge in [0, 0.05) is 23.8 Å². The van der Waals surface area contributed by atoms with Crippen LogP contribution in [0.3, 0.4) is 0 Å². The molecule has 0 aliphatic carbocycles. The Hall–Kier alpha value is -1.29. The van der Waals surface area contributed by atoms with E-state index in [0.717, 1.165) is 27.5 Å². The van der Waals surface area contributed by atoms with Crippen molar-refractivity contribution in [3.8, 4) is 0 Å². The van der Waals surface area contributed by atoms with Crippen LogP contribution in [0.25, 0.3) is 0 Å². The van der Waals surface area contributed by atoms with Crippen LogP contribution >= 0.6 is 15.9 Å². The Kier molecular flexibility index (Phi) is 3.01. The average Bonchev–Trinajstić information content (AvgIpc) is 2.68. The molecule has 0 saturated heterocycles. The molecular formula is C12H13BrN2O. The highest BCUT2D eigenvalue weighted by Crippen LogP contribution is 2.26. The van der Waals surface area contributed by atoms with Gasteiger partial charge >= 0.3 is 0 Å². The molecule has 16 heavy (non-hydrogen) atoms. The first kappa shape index (κ1) is 11.2. The maximum Gasteiger partial charge on any atom is 0.200 e. The molecule has 0 aliphatic rings. The molecule has 4 heteroatoms. The van der Waals surface area contributed by atoms with Crippen LogP contribution in [0.15, 0.2) is 33.3 Å². The average molecular weight is 281 g/mol. The number of aromatic nitrogens is 1. The van der Waals surface area contributed by atoms with E-state index in [1.807, 2.05) is 44.0 Å². The highest BCUT2D eigenvalue weighted by Gasteiger charge is 2.09. The number of aryl methyl sites for hydroxylation is 2. The lowest BCUT2D eigenvalue weighted by molar-refractivity contribution is 0.537. The zero-order chi connectivity index (χ0) is 11.7. The molecule has 2 heterocycles. The van der Waals surface area contributed by atoms with Crippen LogP contribution in [0.4, 0.5) is 11.7 Å². The molecule has 0 fully saturated rings. The second kappa shape index (κ2) is 4.29. The molecule has 0 N–H and O–H groups in total. The van der Waals surface area contributed by atoms with E-state index in [0.29, 0.717) is 0 Å². The van der Waals surface area contributed by atoms with Crippen molar-refractivity contribution in [3.63, 3.8) is 0 Å². The fourth-order valence-electron chi connectivity index (χ4n) is 1.42. The van der Waals surface area contributed by atoms with E-state index in [-0.39, 0.29) is 0 Å². The SMILES string of the molecule is Cc1ccc(N(C)c2cc(C)c(Br)cn2)o1. The van der Waals surface area contributed by atoms with Crippen LogP contribution in [0.2, 0.25) is 0 Å². The molecule has 0 unspecified atom stereocenters. The van der Waals surface area contributed by atoms with Gasteiger partial charge in [-0.3, -0.25) is 4.90 Å². The van der Waals surface area contributed by atoms with Crippen molar-refractivity contribution in [3.05, 3.63) is 40.2 Å². The Morgan fingerprint density at radius 3 is 2.62 bits per heavy atom. The minimum absolute atomic E-state index is 0.798. The molecule has 2 rings (SSSR count). The Bertz CT molecular complexity index is 507. The number of pyridine rings is 1. The number of halogens is 1. The summed E-state index contributed by atoms with van der Waals surface area (Å²) in [6, 6.07) is 5.90. The Balaban J connectivity index is 2.33. The molecule has 84 valence electrons. The lowest BCUT2D eigenvalue weighted by atomic mass is 10.3. The molecule has 3 nitrogen and oxygen atoms in total. The third-order valence-electron chi connectivity index (χ3n) is 2.43. The predicted molar refractivity (Wildman–Crippen MR) is 68.2 cm³/mol. The molecule has 0 atom stereocenters. The summed E-state index contributed by atoms with van der Waals surface area (Å²) in [4.78, 5) is 6.27. The highest BCUT2D eigenvalue weighted by molar-refractivity contribution is 9.10.